The summed E-state index contributed by atoms with van der Waals surface area (Å²) in [6.07, 6.45) is 2.25. The van der Waals surface area contributed by atoms with Gasteiger partial charge in [0.25, 0.3) is 0 Å². The number of pyridine rings is 1. The van der Waals surface area contributed by atoms with Gasteiger partial charge in [0.2, 0.25) is 11.8 Å². The Balaban J connectivity index is 0.713. The van der Waals surface area contributed by atoms with E-state index in [1.807, 2.05) is 78.2 Å². The highest BCUT2D eigenvalue weighted by molar-refractivity contribution is 7.15. The van der Waals surface area contributed by atoms with E-state index < -0.39 is 6.04 Å². The first-order chi connectivity index (χ1) is 30.2. The fourth-order valence-electron chi connectivity index (χ4n) is 7.28. The number of nitrogens with one attached hydrogen (secondary N) is 3. The van der Waals surface area contributed by atoms with Crippen LogP contribution in [0.25, 0.3) is 16.1 Å². The van der Waals surface area contributed by atoms with Crippen molar-refractivity contribution in [3.05, 3.63) is 129 Å². The molecule has 0 saturated heterocycles. The maximum atomic E-state index is 13.5. The van der Waals surface area contributed by atoms with Crippen molar-refractivity contribution in [2.75, 3.05) is 68.7 Å². The second-order valence-corrected chi connectivity index (χ2v) is 16.5. The number of aromatic nitrogens is 4. The Morgan fingerprint density at radius 3 is 2.34 bits per heavy atom. The van der Waals surface area contributed by atoms with E-state index in [0.29, 0.717) is 81.5 Å². The molecule has 2 aliphatic heterocycles. The van der Waals surface area contributed by atoms with Gasteiger partial charge < -0.3 is 34.9 Å². The summed E-state index contributed by atoms with van der Waals surface area (Å²) in [5.74, 6) is 2.60. The molecule has 2 aliphatic rings. The van der Waals surface area contributed by atoms with Gasteiger partial charge in [0, 0.05) is 45.1 Å². The van der Waals surface area contributed by atoms with Crippen molar-refractivity contribution < 1.29 is 28.5 Å². The Labute approximate surface area is 368 Å². The topological polar surface area (TPSA) is 163 Å². The highest BCUT2D eigenvalue weighted by atomic mass is 35.5. The third-order valence-electron chi connectivity index (χ3n) is 10.5. The first-order valence-electron chi connectivity index (χ1n) is 20.5. The number of halogens is 1. The van der Waals surface area contributed by atoms with Crippen LogP contribution in [0.15, 0.2) is 90.1 Å². The molecule has 62 heavy (non-hydrogen) atoms. The summed E-state index contributed by atoms with van der Waals surface area (Å²) in [7, 11) is 0. The van der Waals surface area contributed by atoms with E-state index in [1.165, 1.54) is 4.88 Å². The molecule has 0 radical (unpaired) electrons. The highest BCUT2D eigenvalue weighted by Gasteiger charge is 2.32. The van der Waals surface area contributed by atoms with Crippen LogP contribution >= 0.6 is 22.9 Å². The lowest BCUT2D eigenvalue weighted by Crippen LogP contribution is -2.17. The Hall–Kier alpha value is -5.97. The lowest BCUT2D eigenvalue weighted by atomic mass is 9.99. The van der Waals surface area contributed by atoms with E-state index in [0.717, 1.165) is 61.4 Å². The zero-order valence-electron chi connectivity index (χ0n) is 34.7. The quantitative estimate of drug-likeness (QED) is 0.0682. The second kappa shape index (κ2) is 19.8. The van der Waals surface area contributed by atoms with E-state index in [1.54, 1.807) is 29.7 Å². The van der Waals surface area contributed by atoms with Gasteiger partial charge in [0.15, 0.2) is 5.82 Å². The highest BCUT2D eigenvalue weighted by Crippen LogP contribution is 2.40. The molecule has 14 nitrogen and oxygen atoms in total. The van der Waals surface area contributed by atoms with Crippen LogP contribution in [0.5, 0.6) is 5.75 Å². The van der Waals surface area contributed by atoms with Crippen LogP contribution in [0.3, 0.4) is 0 Å². The Morgan fingerprint density at radius 1 is 0.855 bits per heavy atom. The molecular weight excluding hydrogens is 828 g/mol. The fourth-order valence-corrected chi connectivity index (χ4v) is 8.62. The number of amides is 2. The molecule has 0 spiro atoms. The number of benzene rings is 3. The normalized spacial score (nSPS) is 14.0. The molecule has 6 aromatic rings. The number of rotatable bonds is 19. The zero-order valence-corrected chi connectivity index (χ0v) is 36.3. The van der Waals surface area contributed by atoms with Crippen molar-refractivity contribution in [3.8, 4) is 21.9 Å². The number of anilines is 3. The molecule has 3 aromatic carbocycles. The number of carbonyl (C=O) groups excluding carboxylic acids is 2. The average molecular weight is 875 g/mol. The minimum absolute atomic E-state index is 0.0239. The van der Waals surface area contributed by atoms with E-state index >= 15 is 0 Å². The largest absolute Gasteiger partial charge is 0.491 e. The second-order valence-electron chi connectivity index (χ2n) is 14.8. The maximum absolute atomic E-state index is 13.5. The van der Waals surface area contributed by atoms with Crippen molar-refractivity contribution >= 4 is 57.7 Å². The number of fused-ring (bicyclic) bond motifs is 4. The standard InChI is InChI=1S/C46H47ClN8O6S/c1-28-29(2)62-46-43(28)44(31-4-7-35(47)8-5-31)52-39(45-54-53-30(3)55(45)46)27-42(57)50-36-9-11-37(12-10-36)61-23-22-60-21-20-59-19-18-58-17-16-49-40-25-33(14-15-48-40)32-6-13-38-34(24-32)26-41(56)51-38/h4-15,24-25,39H,16-23,26-27H2,1-3H3,(H,48,49)(H,50,57)(H,51,56)/t39-/m0/s1. The van der Waals surface area contributed by atoms with E-state index in [4.69, 9.17) is 35.5 Å². The van der Waals surface area contributed by atoms with Crippen LogP contribution in [0.1, 0.15) is 51.2 Å². The number of carbonyl (C=O) groups is 2. The predicted octanol–water partition coefficient (Wildman–Crippen LogP) is 7.93. The molecule has 0 unspecified atom stereocenters. The number of hydrogen-bond donors (Lipinski definition) is 3. The molecule has 3 aromatic heterocycles. The molecule has 5 heterocycles. The van der Waals surface area contributed by atoms with E-state index in [9.17, 15) is 9.59 Å². The Bertz CT molecular complexity index is 2580. The lowest BCUT2D eigenvalue weighted by Gasteiger charge is -2.13. The molecule has 8 rings (SSSR count). The third-order valence-corrected chi connectivity index (χ3v) is 11.9. The van der Waals surface area contributed by atoms with Crippen molar-refractivity contribution in [1.82, 2.24) is 19.7 Å². The maximum Gasteiger partial charge on any atom is 0.228 e. The average Bonchev–Trinajstić information content (AvgIpc) is 3.91. The fraction of sp³-hybridized carbons (Fsp3) is 0.304. The summed E-state index contributed by atoms with van der Waals surface area (Å²) in [4.78, 5) is 36.0. The number of ether oxygens (including phenoxy) is 4. The van der Waals surface area contributed by atoms with E-state index in [-0.39, 0.29) is 18.2 Å². The predicted molar refractivity (Wildman–Crippen MR) is 241 cm³/mol. The molecule has 0 aliphatic carbocycles. The van der Waals surface area contributed by atoms with Gasteiger partial charge in [-0.2, -0.15) is 0 Å². The molecule has 0 fully saturated rings. The first kappa shape index (κ1) is 42.7. The molecule has 0 saturated carbocycles. The van der Waals surface area contributed by atoms with Crippen molar-refractivity contribution in [2.24, 2.45) is 4.99 Å². The van der Waals surface area contributed by atoms with Gasteiger partial charge in [-0.1, -0.05) is 29.8 Å². The molecule has 2 amide bonds. The van der Waals surface area contributed by atoms with Crippen LogP contribution in [0, 0.1) is 20.8 Å². The summed E-state index contributed by atoms with van der Waals surface area (Å²) in [6.45, 7) is 9.80. The van der Waals surface area contributed by atoms with Gasteiger partial charge in [0.05, 0.1) is 58.2 Å². The van der Waals surface area contributed by atoms with Gasteiger partial charge in [0.1, 0.15) is 35.0 Å². The van der Waals surface area contributed by atoms with Gasteiger partial charge in [-0.3, -0.25) is 19.1 Å². The van der Waals surface area contributed by atoms with Crippen LogP contribution in [-0.2, 0) is 30.2 Å². The molecular formula is C46H47ClN8O6S. The van der Waals surface area contributed by atoms with Crippen LogP contribution in [0.2, 0.25) is 5.02 Å². The molecule has 0 bridgehead atoms. The summed E-state index contributed by atoms with van der Waals surface area (Å²) < 4.78 is 24.9. The van der Waals surface area contributed by atoms with Crippen molar-refractivity contribution in [1.29, 1.82) is 0 Å². The van der Waals surface area contributed by atoms with Gasteiger partial charge in [-0.05, 0) is 104 Å². The van der Waals surface area contributed by atoms with Crippen molar-refractivity contribution in [3.63, 3.8) is 0 Å². The number of aliphatic imine (C=N–C) groups is 1. The number of nitrogens with zero attached hydrogens (tertiary/aromatic N) is 5. The first-order valence-corrected chi connectivity index (χ1v) is 21.6. The monoisotopic (exact) mass is 874 g/mol. The molecule has 16 heteroatoms. The van der Waals surface area contributed by atoms with Crippen LogP contribution in [0.4, 0.5) is 17.2 Å². The molecule has 3 N–H and O–H groups in total. The lowest BCUT2D eigenvalue weighted by molar-refractivity contribution is -0.117. The van der Waals surface area contributed by atoms with E-state index in [2.05, 4.69) is 45.0 Å². The van der Waals surface area contributed by atoms with Crippen molar-refractivity contribution in [2.45, 2.75) is 39.7 Å². The van der Waals surface area contributed by atoms with Crippen LogP contribution < -0.4 is 20.7 Å². The van der Waals surface area contributed by atoms with Crippen LogP contribution in [-0.4, -0.2) is 90.1 Å². The molecule has 320 valence electrons. The Kier molecular flexibility index (Phi) is 13.7. The minimum Gasteiger partial charge on any atom is -0.491 e. The number of aryl methyl sites for hydroxylation is 2. The van der Waals surface area contributed by atoms with Gasteiger partial charge in [-0.15, -0.1) is 21.5 Å². The summed E-state index contributed by atoms with van der Waals surface area (Å²) in [6, 6.07) is 24.2. The smallest absolute Gasteiger partial charge is 0.228 e. The Morgan fingerprint density at radius 2 is 1.56 bits per heavy atom. The summed E-state index contributed by atoms with van der Waals surface area (Å²) >= 11 is 7.91. The summed E-state index contributed by atoms with van der Waals surface area (Å²) in [5.41, 5.74) is 8.46. The SMILES string of the molecule is Cc1sc2c(c1C)C(c1ccc(Cl)cc1)=N[C@@H](CC(=O)Nc1ccc(OCCOCCOCCOCCNc3cc(-c4ccc5c(c4)CC(=O)N5)ccn3)cc1)c1nnc(C)n1-2. The van der Waals surface area contributed by atoms with Gasteiger partial charge >= 0.3 is 0 Å². The number of hydrogen-bond acceptors (Lipinski definition) is 12. The summed E-state index contributed by atoms with van der Waals surface area (Å²) in [5, 5.41) is 19.7. The van der Waals surface area contributed by atoms with Gasteiger partial charge in [-0.25, -0.2) is 4.98 Å². The zero-order chi connectivity index (χ0) is 43.0. The minimum atomic E-state index is -0.569. The third kappa shape index (κ3) is 10.2. The number of thiophene rings is 1. The molecule has 1 atom stereocenters.